The SMILES string of the molecule is O=Cc1ccc(N=Nc2c(S(=O)(=O)O)cc3cc(S(=O)(=O)O)cc(O)c3c2O)cc1.[Na+]. The fourth-order valence-corrected chi connectivity index (χ4v) is 3.80. The second-order valence-electron chi connectivity index (χ2n) is 5.97. The monoisotopic (exact) mass is 475 g/mol. The molecule has 0 fully saturated rings. The van der Waals surface area contributed by atoms with Crippen LogP contribution < -0.4 is 29.6 Å². The molecule has 0 radical (unpaired) electrons. The van der Waals surface area contributed by atoms with E-state index >= 15 is 0 Å². The summed E-state index contributed by atoms with van der Waals surface area (Å²) in [5.74, 6) is -1.71. The van der Waals surface area contributed by atoms with Crippen molar-refractivity contribution in [2.45, 2.75) is 9.79 Å². The first kappa shape index (κ1) is 24.9. The van der Waals surface area contributed by atoms with Gasteiger partial charge >= 0.3 is 29.6 Å². The summed E-state index contributed by atoms with van der Waals surface area (Å²) in [4.78, 5) is 8.99. The number of rotatable bonds is 5. The van der Waals surface area contributed by atoms with Gasteiger partial charge in [0.25, 0.3) is 20.2 Å². The zero-order chi connectivity index (χ0) is 22.3. The average molecular weight is 475 g/mol. The van der Waals surface area contributed by atoms with Crippen molar-refractivity contribution in [2.24, 2.45) is 10.2 Å². The number of phenols is 2. The zero-order valence-electron chi connectivity index (χ0n) is 15.7. The number of carbonyl (C=O) groups is 1. The Bertz CT molecular complexity index is 1420. The summed E-state index contributed by atoms with van der Waals surface area (Å²) in [6.45, 7) is 0. The van der Waals surface area contributed by atoms with E-state index in [4.69, 9.17) is 4.55 Å². The number of azo groups is 1. The molecule has 0 spiro atoms. The molecule has 4 N–H and O–H groups in total. The van der Waals surface area contributed by atoms with Crippen LogP contribution in [0, 0.1) is 0 Å². The summed E-state index contributed by atoms with van der Waals surface area (Å²) in [6.07, 6.45) is 0.593. The largest absolute Gasteiger partial charge is 1.00 e. The van der Waals surface area contributed by atoms with Crippen LogP contribution in [-0.2, 0) is 20.2 Å². The van der Waals surface area contributed by atoms with Crippen LogP contribution in [0.1, 0.15) is 10.4 Å². The van der Waals surface area contributed by atoms with E-state index in [1.165, 1.54) is 24.3 Å². The third-order valence-electron chi connectivity index (χ3n) is 3.97. The molecule has 0 aliphatic rings. The molecule has 0 saturated heterocycles. The molecule has 0 aliphatic carbocycles. The Kier molecular flexibility index (Phi) is 7.22. The average Bonchev–Trinajstić information content (AvgIpc) is 2.65. The first-order valence-corrected chi connectivity index (χ1v) is 10.7. The smallest absolute Gasteiger partial charge is 0.507 e. The maximum Gasteiger partial charge on any atom is 1.00 e. The van der Waals surface area contributed by atoms with Gasteiger partial charge in [0.1, 0.15) is 22.6 Å². The van der Waals surface area contributed by atoms with Crippen LogP contribution in [0.2, 0.25) is 0 Å². The van der Waals surface area contributed by atoms with E-state index in [-0.39, 0.29) is 46.0 Å². The van der Waals surface area contributed by atoms with Crippen molar-refractivity contribution in [3.63, 3.8) is 0 Å². The van der Waals surface area contributed by atoms with E-state index in [9.17, 15) is 36.4 Å². The van der Waals surface area contributed by atoms with Gasteiger partial charge in [0.05, 0.1) is 16.0 Å². The Hall–Kier alpha value is -2.39. The third kappa shape index (κ3) is 5.27. The van der Waals surface area contributed by atoms with Crippen molar-refractivity contribution in [2.75, 3.05) is 0 Å². The Morgan fingerprint density at radius 1 is 0.839 bits per heavy atom. The number of aldehydes is 1. The minimum atomic E-state index is -4.98. The standard InChI is InChI=1S/C17H12N2O9S2.Na/c20-8-9-1-3-11(4-2-9)18-19-16-14(30(26,27)28)6-10-5-12(29(23,24)25)7-13(21)15(10)17(16)22;/h1-8,21-22H,(H,23,24,25)(H,26,27,28);/q;+1. The summed E-state index contributed by atoms with van der Waals surface area (Å²) in [5.41, 5.74) is -0.201. The quantitative estimate of drug-likeness (QED) is 0.170. The molecule has 3 aromatic rings. The van der Waals surface area contributed by atoms with E-state index in [1.54, 1.807) is 0 Å². The van der Waals surface area contributed by atoms with Gasteiger partial charge in [-0.1, -0.05) is 0 Å². The number of benzene rings is 3. The maximum absolute atomic E-state index is 11.8. The molecule has 0 saturated carbocycles. The van der Waals surface area contributed by atoms with Gasteiger partial charge in [0, 0.05) is 11.6 Å². The molecular weight excluding hydrogens is 463 g/mol. The third-order valence-corrected chi connectivity index (χ3v) is 5.67. The van der Waals surface area contributed by atoms with Gasteiger partial charge in [-0.3, -0.25) is 13.9 Å². The summed E-state index contributed by atoms with van der Waals surface area (Å²) in [5, 5.41) is 27.2. The van der Waals surface area contributed by atoms with Crippen molar-refractivity contribution < 1.29 is 70.5 Å². The van der Waals surface area contributed by atoms with Crippen molar-refractivity contribution in [1.29, 1.82) is 0 Å². The molecule has 3 rings (SSSR count). The minimum Gasteiger partial charge on any atom is -0.507 e. The van der Waals surface area contributed by atoms with Crippen LogP contribution in [-0.4, -0.2) is 42.4 Å². The fraction of sp³-hybridized carbons (Fsp3) is 0. The van der Waals surface area contributed by atoms with Crippen LogP contribution in [0.3, 0.4) is 0 Å². The van der Waals surface area contributed by atoms with Crippen LogP contribution in [0.4, 0.5) is 11.4 Å². The number of aromatic hydroxyl groups is 2. The molecule has 31 heavy (non-hydrogen) atoms. The van der Waals surface area contributed by atoms with E-state index in [2.05, 4.69) is 10.2 Å². The van der Waals surface area contributed by atoms with Crippen molar-refractivity contribution in [1.82, 2.24) is 0 Å². The number of hydrogen-bond donors (Lipinski definition) is 4. The first-order chi connectivity index (χ1) is 13.9. The normalized spacial score (nSPS) is 12.1. The molecule has 11 nitrogen and oxygen atoms in total. The molecule has 0 aromatic heterocycles. The van der Waals surface area contributed by atoms with Crippen molar-refractivity contribution >= 4 is 48.7 Å². The van der Waals surface area contributed by atoms with E-state index in [0.29, 0.717) is 17.9 Å². The molecule has 0 amide bonds. The Morgan fingerprint density at radius 3 is 1.97 bits per heavy atom. The predicted molar refractivity (Wildman–Crippen MR) is 103 cm³/mol. The van der Waals surface area contributed by atoms with Gasteiger partial charge in [-0.05, 0) is 41.8 Å². The Balaban J connectivity index is 0.00000341. The Morgan fingerprint density at radius 2 is 1.45 bits per heavy atom. The first-order valence-electron chi connectivity index (χ1n) is 7.86. The molecule has 3 aromatic carbocycles. The molecule has 0 heterocycles. The van der Waals surface area contributed by atoms with Crippen molar-refractivity contribution in [3.05, 3.63) is 48.0 Å². The van der Waals surface area contributed by atoms with E-state index in [0.717, 1.165) is 12.1 Å². The molecule has 156 valence electrons. The predicted octanol–water partition coefficient (Wildman–Crippen LogP) is -0.0237. The molecule has 14 heteroatoms. The number of phenolic OH excluding ortho intramolecular Hbond substituents is 2. The van der Waals surface area contributed by atoms with Crippen molar-refractivity contribution in [3.8, 4) is 11.5 Å². The minimum absolute atomic E-state index is 0. The maximum atomic E-state index is 11.8. The van der Waals surface area contributed by atoms with E-state index in [1.807, 2.05) is 0 Å². The second-order valence-corrected chi connectivity index (χ2v) is 8.78. The van der Waals surface area contributed by atoms with Crippen LogP contribution in [0.15, 0.2) is 62.5 Å². The van der Waals surface area contributed by atoms with Gasteiger partial charge in [0.2, 0.25) is 0 Å². The molecule has 0 unspecified atom stereocenters. The van der Waals surface area contributed by atoms with Gasteiger partial charge in [0.15, 0.2) is 5.75 Å². The van der Waals surface area contributed by atoms with Gasteiger partial charge in [-0.2, -0.15) is 21.9 Å². The number of carbonyl (C=O) groups excluding carboxylic acids is 1. The number of hydrogen-bond acceptors (Lipinski definition) is 9. The number of fused-ring (bicyclic) bond motifs is 1. The molecule has 0 bridgehead atoms. The second kappa shape index (κ2) is 9.00. The summed E-state index contributed by atoms with van der Waals surface area (Å²) >= 11 is 0. The fourth-order valence-electron chi connectivity index (χ4n) is 2.61. The number of nitrogens with zero attached hydrogens (tertiary/aromatic N) is 2. The summed E-state index contributed by atoms with van der Waals surface area (Å²) < 4.78 is 64.9. The summed E-state index contributed by atoms with van der Waals surface area (Å²) in [6, 6.07) is 7.77. The van der Waals surface area contributed by atoms with Gasteiger partial charge in [-0.25, -0.2) is 0 Å². The van der Waals surface area contributed by atoms with Gasteiger partial charge in [-0.15, -0.1) is 5.11 Å². The zero-order valence-corrected chi connectivity index (χ0v) is 19.3. The van der Waals surface area contributed by atoms with Crippen LogP contribution >= 0.6 is 0 Å². The topological polar surface area (TPSA) is 191 Å². The Labute approximate surface area is 197 Å². The molecule has 0 aliphatic heterocycles. The van der Waals surface area contributed by atoms with Crippen LogP contribution in [0.25, 0.3) is 10.8 Å². The molecular formula is C17H12N2NaO9S2+. The summed E-state index contributed by atoms with van der Waals surface area (Å²) in [7, 11) is -9.74. The van der Waals surface area contributed by atoms with Gasteiger partial charge < -0.3 is 10.2 Å². The molecule has 0 atom stereocenters. The van der Waals surface area contributed by atoms with E-state index < -0.39 is 47.2 Å². The van der Waals surface area contributed by atoms with Crippen LogP contribution in [0.5, 0.6) is 11.5 Å².